The lowest BCUT2D eigenvalue weighted by molar-refractivity contribution is -0.0504. The second-order valence-corrected chi connectivity index (χ2v) is 4.72. The quantitative estimate of drug-likeness (QED) is 0.725. The van der Waals surface area contributed by atoms with E-state index in [0.717, 1.165) is 16.9 Å². The van der Waals surface area contributed by atoms with Crippen molar-refractivity contribution in [1.82, 2.24) is 9.55 Å². The Labute approximate surface area is 120 Å². The van der Waals surface area contributed by atoms with Gasteiger partial charge in [0.2, 0.25) is 0 Å². The highest BCUT2D eigenvalue weighted by molar-refractivity contribution is 5.76. The van der Waals surface area contributed by atoms with E-state index in [1.54, 1.807) is 18.2 Å². The number of imidazole rings is 1. The molecule has 3 nitrogen and oxygen atoms in total. The summed E-state index contributed by atoms with van der Waals surface area (Å²) in [6, 6.07) is 14.6. The molecule has 0 aliphatic rings. The second kappa shape index (κ2) is 5.52. The van der Waals surface area contributed by atoms with E-state index in [1.807, 2.05) is 41.8 Å². The summed E-state index contributed by atoms with van der Waals surface area (Å²) in [6.07, 6.45) is 0. The van der Waals surface area contributed by atoms with E-state index in [1.165, 1.54) is 0 Å². The third-order valence-electron chi connectivity index (χ3n) is 3.36. The number of halogens is 2. The van der Waals surface area contributed by atoms with Crippen molar-refractivity contribution in [3.05, 3.63) is 59.9 Å². The molecule has 108 valence electrons. The fourth-order valence-electron chi connectivity index (χ4n) is 2.41. The summed E-state index contributed by atoms with van der Waals surface area (Å²) in [7, 11) is 0. The van der Waals surface area contributed by atoms with Crippen LogP contribution in [0.4, 0.5) is 8.78 Å². The molecule has 0 unspecified atom stereocenters. The highest BCUT2D eigenvalue weighted by atomic mass is 19.3. The summed E-state index contributed by atoms with van der Waals surface area (Å²) < 4.78 is 31.5. The van der Waals surface area contributed by atoms with Crippen LogP contribution in [-0.4, -0.2) is 16.2 Å². The molecule has 0 aliphatic heterocycles. The van der Waals surface area contributed by atoms with Crippen LogP contribution < -0.4 is 4.74 Å². The van der Waals surface area contributed by atoms with E-state index in [0.29, 0.717) is 12.1 Å². The number of hydrogen-bond acceptors (Lipinski definition) is 2. The summed E-state index contributed by atoms with van der Waals surface area (Å²) in [5.41, 5.74) is 2.56. The molecular formula is C16H14F2N2O. The Bertz CT molecular complexity index is 768. The van der Waals surface area contributed by atoms with E-state index in [2.05, 4.69) is 9.72 Å². The first-order valence-corrected chi connectivity index (χ1v) is 6.60. The number of benzene rings is 2. The molecular weight excluding hydrogens is 274 g/mol. The molecule has 0 N–H and O–H groups in total. The molecule has 0 spiro atoms. The minimum absolute atomic E-state index is 0.199. The number of alkyl halides is 2. The van der Waals surface area contributed by atoms with Crippen LogP contribution in [0.1, 0.15) is 11.4 Å². The maximum absolute atomic E-state index is 12.5. The average molecular weight is 288 g/mol. The Morgan fingerprint density at radius 1 is 1.10 bits per heavy atom. The lowest BCUT2D eigenvalue weighted by atomic mass is 10.2. The molecule has 0 amide bonds. The standard InChI is InChI=1S/C16H14F2N2O/c1-11-19-13-7-3-4-8-14(13)20(11)10-12-6-2-5-9-15(12)21-16(17)18/h2-9,16H,10H2,1H3. The van der Waals surface area contributed by atoms with E-state index in [4.69, 9.17) is 0 Å². The SMILES string of the molecule is Cc1nc2ccccc2n1Cc1ccccc1OC(F)F. The topological polar surface area (TPSA) is 27.1 Å². The Hall–Kier alpha value is -2.43. The zero-order valence-electron chi connectivity index (χ0n) is 11.5. The minimum Gasteiger partial charge on any atom is -0.434 e. The Balaban J connectivity index is 2.01. The molecule has 3 aromatic rings. The first-order valence-electron chi connectivity index (χ1n) is 6.60. The van der Waals surface area contributed by atoms with E-state index in [9.17, 15) is 8.78 Å². The number of para-hydroxylation sites is 3. The molecule has 5 heteroatoms. The summed E-state index contributed by atoms with van der Waals surface area (Å²) in [5.74, 6) is 1.03. The largest absolute Gasteiger partial charge is 0.434 e. The van der Waals surface area contributed by atoms with Crippen LogP contribution in [0, 0.1) is 6.92 Å². The summed E-state index contributed by atoms with van der Waals surface area (Å²) >= 11 is 0. The molecule has 1 aromatic heterocycles. The Morgan fingerprint density at radius 3 is 2.62 bits per heavy atom. The van der Waals surface area contributed by atoms with Crippen molar-refractivity contribution >= 4 is 11.0 Å². The van der Waals surface area contributed by atoms with E-state index >= 15 is 0 Å². The number of aryl methyl sites for hydroxylation is 1. The summed E-state index contributed by atoms with van der Waals surface area (Å²) in [4.78, 5) is 4.47. The molecule has 0 radical (unpaired) electrons. The van der Waals surface area contributed by atoms with Gasteiger partial charge in [0.05, 0.1) is 17.6 Å². The molecule has 21 heavy (non-hydrogen) atoms. The molecule has 0 bridgehead atoms. The highest BCUT2D eigenvalue weighted by Gasteiger charge is 2.12. The number of fused-ring (bicyclic) bond motifs is 1. The van der Waals surface area contributed by atoms with Gasteiger partial charge in [-0.05, 0) is 25.1 Å². The van der Waals surface area contributed by atoms with Gasteiger partial charge in [0.15, 0.2) is 0 Å². The van der Waals surface area contributed by atoms with Crippen LogP contribution in [0.25, 0.3) is 11.0 Å². The fourth-order valence-corrected chi connectivity index (χ4v) is 2.41. The van der Waals surface area contributed by atoms with Crippen LogP contribution in [0.5, 0.6) is 5.75 Å². The predicted molar refractivity (Wildman–Crippen MR) is 76.6 cm³/mol. The Morgan fingerprint density at radius 2 is 1.81 bits per heavy atom. The van der Waals surface area contributed by atoms with Gasteiger partial charge in [-0.2, -0.15) is 8.78 Å². The van der Waals surface area contributed by atoms with Gasteiger partial charge in [0.1, 0.15) is 11.6 Å². The van der Waals surface area contributed by atoms with Crippen LogP contribution in [0.2, 0.25) is 0 Å². The average Bonchev–Trinajstić information content (AvgIpc) is 2.77. The van der Waals surface area contributed by atoms with Gasteiger partial charge in [0.25, 0.3) is 0 Å². The summed E-state index contributed by atoms with van der Waals surface area (Å²) in [5, 5.41) is 0. The molecule has 3 rings (SSSR count). The zero-order chi connectivity index (χ0) is 14.8. The van der Waals surface area contributed by atoms with Gasteiger partial charge in [-0.3, -0.25) is 0 Å². The fraction of sp³-hybridized carbons (Fsp3) is 0.188. The molecule has 0 saturated carbocycles. The smallest absolute Gasteiger partial charge is 0.387 e. The maximum atomic E-state index is 12.5. The van der Waals surface area contributed by atoms with Gasteiger partial charge >= 0.3 is 6.61 Å². The number of rotatable bonds is 4. The summed E-state index contributed by atoms with van der Waals surface area (Å²) in [6.45, 7) is -0.488. The predicted octanol–water partition coefficient (Wildman–Crippen LogP) is 3.99. The van der Waals surface area contributed by atoms with Crippen molar-refractivity contribution in [2.45, 2.75) is 20.1 Å². The molecule has 1 heterocycles. The molecule has 0 fully saturated rings. The zero-order valence-corrected chi connectivity index (χ0v) is 11.5. The number of hydrogen-bond donors (Lipinski definition) is 0. The molecule has 2 aromatic carbocycles. The van der Waals surface area contributed by atoms with Gasteiger partial charge in [-0.1, -0.05) is 30.3 Å². The molecule has 0 aliphatic carbocycles. The molecule has 0 saturated heterocycles. The van der Waals surface area contributed by atoms with Crippen LogP contribution in [-0.2, 0) is 6.54 Å². The van der Waals surface area contributed by atoms with Gasteiger partial charge in [-0.25, -0.2) is 4.98 Å². The van der Waals surface area contributed by atoms with Crippen molar-refractivity contribution < 1.29 is 13.5 Å². The third-order valence-corrected chi connectivity index (χ3v) is 3.36. The van der Waals surface area contributed by atoms with Gasteiger partial charge in [-0.15, -0.1) is 0 Å². The van der Waals surface area contributed by atoms with Gasteiger partial charge in [0, 0.05) is 5.56 Å². The normalized spacial score (nSPS) is 11.2. The minimum atomic E-state index is -2.83. The first kappa shape index (κ1) is 13.5. The van der Waals surface area contributed by atoms with E-state index in [-0.39, 0.29) is 5.75 Å². The monoisotopic (exact) mass is 288 g/mol. The third kappa shape index (κ3) is 2.72. The first-order chi connectivity index (χ1) is 10.1. The van der Waals surface area contributed by atoms with Crippen molar-refractivity contribution in [1.29, 1.82) is 0 Å². The number of aromatic nitrogens is 2. The number of ether oxygens (including phenoxy) is 1. The van der Waals surface area contributed by atoms with Crippen LogP contribution in [0.3, 0.4) is 0 Å². The number of nitrogens with zero attached hydrogens (tertiary/aromatic N) is 2. The van der Waals surface area contributed by atoms with Crippen molar-refractivity contribution in [3.8, 4) is 5.75 Å². The Kier molecular flexibility index (Phi) is 3.56. The van der Waals surface area contributed by atoms with Crippen molar-refractivity contribution in [2.24, 2.45) is 0 Å². The lowest BCUT2D eigenvalue weighted by Gasteiger charge is -2.12. The second-order valence-electron chi connectivity index (χ2n) is 4.72. The lowest BCUT2D eigenvalue weighted by Crippen LogP contribution is -2.08. The van der Waals surface area contributed by atoms with Gasteiger partial charge < -0.3 is 9.30 Å². The molecule has 0 atom stereocenters. The van der Waals surface area contributed by atoms with Crippen molar-refractivity contribution in [2.75, 3.05) is 0 Å². The van der Waals surface area contributed by atoms with Crippen LogP contribution in [0.15, 0.2) is 48.5 Å². The van der Waals surface area contributed by atoms with Crippen LogP contribution >= 0.6 is 0 Å². The van der Waals surface area contributed by atoms with Crippen molar-refractivity contribution in [3.63, 3.8) is 0 Å². The van der Waals surface area contributed by atoms with E-state index < -0.39 is 6.61 Å². The maximum Gasteiger partial charge on any atom is 0.387 e. The highest BCUT2D eigenvalue weighted by Crippen LogP contribution is 2.24.